The number of alkyl halides is 1. The predicted molar refractivity (Wildman–Crippen MR) is 137 cm³/mol. The molecular weight excluding hydrogens is 483 g/mol. The Hall–Kier alpha value is -2.85. The monoisotopic (exact) mass is 518 g/mol. The Balaban J connectivity index is 1.77. The summed E-state index contributed by atoms with van der Waals surface area (Å²) in [4.78, 5) is 45.1. The van der Waals surface area contributed by atoms with Gasteiger partial charge in [0.25, 0.3) is 0 Å². The SMILES string of the molecule is CCC(=O)N[C@H](C(=O)N1C[C@H](O)[C@H](F)[C@H]1C(=O)N[C@@H](C)c1ccc(-c2scnc2C)cc1)C(C)(C)C. The largest absolute Gasteiger partial charge is 0.388 e. The molecule has 3 N–H and O–H groups in total. The lowest BCUT2D eigenvalue weighted by atomic mass is 9.85. The fourth-order valence-electron chi connectivity index (χ4n) is 4.27. The normalized spacial score (nSPS) is 21.7. The highest BCUT2D eigenvalue weighted by molar-refractivity contribution is 7.13. The molecule has 10 heteroatoms. The Morgan fingerprint density at radius 3 is 2.39 bits per heavy atom. The van der Waals surface area contributed by atoms with Crippen LogP contribution in [0, 0.1) is 12.3 Å². The third-order valence-corrected chi connectivity index (χ3v) is 7.43. The quantitative estimate of drug-likeness (QED) is 0.522. The molecular formula is C26H35FN4O4S. The van der Waals surface area contributed by atoms with Gasteiger partial charge in [-0.25, -0.2) is 9.37 Å². The third-order valence-electron chi connectivity index (χ3n) is 6.46. The first-order valence-corrected chi connectivity index (χ1v) is 13.0. The maximum Gasteiger partial charge on any atom is 0.246 e. The van der Waals surface area contributed by atoms with Gasteiger partial charge in [0.2, 0.25) is 17.7 Å². The van der Waals surface area contributed by atoms with Crippen molar-refractivity contribution < 1.29 is 23.9 Å². The van der Waals surface area contributed by atoms with Gasteiger partial charge in [-0.3, -0.25) is 14.4 Å². The van der Waals surface area contributed by atoms with Gasteiger partial charge in [0, 0.05) is 6.42 Å². The van der Waals surface area contributed by atoms with Gasteiger partial charge in [0.15, 0.2) is 6.17 Å². The van der Waals surface area contributed by atoms with Crippen LogP contribution in [0.4, 0.5) is 4.39 Å². The highest BCUT2D eigenvalue weighted by Crippen LogP contribution is 2.30. The van der Waals surface area contributed by atoms with E-state index in [9.17, 15) is 19.5 Å². The number of aromatic nitrogens is 1. The molecule has 1 fully saturated rings. The second kappa shape index (κ2) is 11.0. The first kappa shape index (κ1) is 27.7. The number of rotatable bonds is 7. The maximum atomic E-state index is 15.0. The topological polar surface area (TPSA) is 112 Å². The van der Waals surface area contributed by atoms with E-state index in [0.29, 0.717) is 0 Å². The number of halogens is 1. The summed E-state index contributed by atoms with van der Waals surface area (Å²) in [6, 6.07) is 4.71. The summed E-state index contributed by atoms with van der Waals surface area (Å²) < 4.78 is 15.0. The van der Waals surface area contributed by atoms with E-state index in [0.717, 1.165) is 26.6 Å². The number of hydrogen-bond donors (Lipinski definition) is 3. The average molecular weight is 519 g/mol. The number of amides is 3. The van der Waals surface area contributed by atoms with Crippen molar-refractivity contribution in [2.45, 2.75) is 78.4 Å². The van der Waals surface area contributed by atoms with Crippen molar-refractivity contribution in [3.05, 3.63) is 41.0 Å². The molecule has 2 aromatic rings. The summed E-state index contributed by atoms with van der Waals surface area (Å²) in [5.41, 5.74) is 3.86. The molecule has 1 saturated heterocycles. The Morgan fingerprint density at radius 1 is 1.22 bits per heavy atom. The van der Waals surface area contributed by atoms with Gasteiger partial charge in [-0.2, -0.15) is 0 Å². The van der Waals surface area contributed by atoms with E-state index >= 15 is 4.39 Å². The van der Waals surface area contributed by atoms with Gasteiger partial charge in [-0.1, -0.05) is 52.0 Å². The molecule has 0 spiro atoms. The Kier molecular flexibility index (Phi) is 8.51. The number of carbonyl (C=O) groups is 3. The van der Waals surface area contributed by atoms with Gasteiger partial charge < -0.3 is 20.6 Å². The summed E-state index contributed by atoms with van der Waals surface area (Å²) in [5, 5.41) is 15.7. The lowest BCUT2D eigenvalue weighted by molar-refractivity contribution is -0.145. The molecule has 0 bridgehead atoms. The molecule has 196 valence electrons. The number of aryl methyl sites for hydroxylation is 1. The highest BCUT2D eigenvalue weighted by Gasteiger charge is 2.50. The molecule has 0 aliphatic carbocycles. The van der Waals surface area contributed by atoms with Crippen molar-refractivity contribution in [3.63, 3.8) is 0 Å². The Morgan fingerprint density at radius 2 is 1.86 bits per heavy atom. The number of β-amino-alcohol motifs (C(OH)–C–C–N with tert-alkyl or cyclic N) is 1. The number of thiazole rings is 1. The van der Waals surface area contributed by atoms with Crippen LogP contribution in [0.25, 0.3) is 10.4 Å². The van der Waals surface area contributed by atoms with Crippen LogP contribution in [-0.4, -0.2) is 63.6 Å². The number of hydrogen-bond acceptors (Lipinski definition) is 6. The van der Waals surface area contributed by atoms with Gasteiger partial charge >= 0.3 is 0 Å². The van der Waals surface area contributed by atoms with E-state index in [2.05, 4.69) is 15.6 Å². The van der Waals surface area contributed by atoms with Crippen LogP contribution in [0.2, 0.25) is 0 Å². The van der Waals surface area contributed by atoms with Crippen molar-refractivity contribution in [2.75, 3.05) is 6.54 Å². The van der Waals surface area contributed by atoms with E-state index < -0.39 is 47.6 Å². The molecule has 3 amide bonds. The average Bonchev–Trinajstić information content (AvgIpc) is 3.38. The van der Waals surface area contributed by atoms with Crippen LogP contribution in [0.5, 0.6) is 0 Å². The minimum Gasteiger partial charge on any atom is -0.388 e. The molecule has 1 aliphatic rings. The molecule has 0 saturated carbocycles. The van der Waals surface area contributed by atoms with Crippen molar-refractivity contribution in [1.82, 2.24) is 20.5 Å². The van der Waals surface area contributed by atoms with Gasteiger partial charge in [0.1, 0.15) is 18.2 Å². The van der Waals surface area contributed by atoms with Crippen molar-refractivity contribution in [3.8, 4) is 10.4 Å². The fraction of sp³-hybridized carbons (Fsp3) is 0.538. The second-order valence-electron chi connectivity index (χ2n) is 10.3. The van der Waals surface area contributed by atoms with Crippen LogP contribution in [0.3, 0.4) is 0 Å². The molecule has 2 heterocycles. The Bertz CT molecular complexity index is 1100. The number of benzene rings is 1. The highest BCUT2D eigenvalue weighted by atomic mass is 32.1. The number of carbonyl (C=O) groups excluding carboxylic acids is 3. The molecule has 0 radical (unpaired) electrons. The standard InChI is InChI=1S/C26H35FN4O4S/c1-7-19(33)30-23(26(4,5)6)25(35)31-12-18(32)20(27)21(31)24(34)29-14(2)16-8-10-17(11-9-16)22-15(3)28-13-36-22/h8-11,13-14,18,20-21,23,32H,7,12H2,1-6H3,(H,29,34)(H,30,33)/t14-,18-,20-,21-,23+/m0/s1. The van der Waals surface area contributed by atoms with Crippen molar-refractivity contribution in [2.24, 2.45) is 5.41 Å². The summed E-state index contributed by atoms with van der Waals surface area (Å²) in [6.45, 7) is 10.4. The van der Waals surface area contributed by atoms with Gasteiger partial charge in [0.05, 0.1) is 28.7 Å². The molecule has 8 nitrogen and oxygen atoms in total. The lowest BCUT2D eigenvalue weighted by Gasteiger charge is -2.35. The molecule has 1 aromatic carbocycles. The first-order valence-electron chi connectivity index (χ1n) is 12.1. The molecule has 1 aromatic heterocycles. The molecule has 36 heavy (non-hydrogen) atoms. The second-order valence-corrected chi connectivity index (χ2v) is 11.1. The van der Waals surface area contributed by atoms with Crippen LogP contribution < -0.4 is 10.6 Å². The summed E-state index contributed by atoms with van der Waals surface area (Å²) in [6.07, 6.45) is -3.26. The minimum atomic E-state index is -1.94. The first-order chi connectivity index (χ1) is 16.8. The van der Waals surface area contributed by atoms with Crippen LogP contribution in [-0.2, 0) is 14.4 Å². The zero-order valence-electron chi connectivity index (χ0n) is 21.5. The number of aliphatic hydroxyl groups excluding tert-OH is 1. The Labute approximate surface area is 215 Å². The van der Waals surface area contributed by atoms with E-state index in [1.807, 2.05) is 31.2 Å². The molecule has 3 rings (SSSR count). The molecule has 1 aliphatic heterocycles. The van der Waals surface area contributed by atoms with E-state index in [-0.39, 0.29) is 18.9 Å². The minimum absolute atomic E-state index is 0.178. The smallest absolute Gasteiger partial charge is 0.246 e. The maximum absolute atomic E-state index is 15.0. The van der Waals surface area contributed by atoms with Crippen molar-refractivity contribution >= 4 is 29.1 Å². The van der Waals surface area contributed by atoms with Crippen LogP contribution in [0.15, 0.2) is 29.8 Å². The van der Waals surface area contributed by atoms with E-state index in [4.69, 9.17) is 0 Å². The van der Waals surface area contributed by atoms with Gasteiger partial charge in [-0.15, -0.1) is 11.3 Å². The predicted octanol–water partition coefficient (Wildman–Crippen LogP) is 3.15. The van der Waals surface area contributed by atoms with E-state index in [1.54, 1.807) is 51.5 Å². The van der Waals surface area contributed by atoms with E-state index in [1.165, 1.54) is 0 Å². The number of nitrogens with one attached hydrogen (secondary N) is 2. The molecule has 5 atom stereocenters. The number of nitrogens with zero attached hydrogens (tertiary/aromatic N) is 2. The summed E-state index contributed by atoms with van der Waals surface area (Å²) in [7, 11) is 0. The summed E-state index contributed by atoms with van der Waals surface area (Å²) in [5.74, 6) is -1.62. The lowest BCUT2D eigenvalue weighted by Crippen LogP contribution is -2.58. The van der Waals surface area contributed by atoms with Crippen molar-refractivity contribution in [1.29, 1.82) is 0 Å². The zero-order valence-corrected chi connectivity index (χ0v) is 22.4. The third kappa shape index (κ3) is 5.92. The number of likely N-dealkylation sites (tertiary alicyclic amines) is 1. The van der Waals surface area contributed by atoms with Crippen LogP contribution in [0.1, 0.15) is 58.3 Å². The fourth-order valence-corrected chi connectivity index (χ4v) is 5.08. The van der Waals surface area contributed by atoms with Crippen LogP contribution >= 0.6 is 11.3 Å². The number of aliphatic hydroxyl groups is 1. The van der Waals surface area contributed by atoms with Gasteiger partial charge in [-0.05, 0) is 30.4 Å². The zero-order chi connectivity index (χ0) is 26.8. The summed E-state index contributed by atoms with van der Waals surface area (Å²) >= 11 is 1.55. The molecule has 0 unspecified atom stereocenters.